The van der Waals surface area contributed by atoms with Crippen LogP contribution in [0.3, 0.4) is 0 Å². The third kappa shape index (κ3) is 3.40. The second-order valence-corrected chi connectivity index (χ2v) is 5.49. The van der Waals surface area contributed by atoms with Crippen LogP contribution in [0.15, 0.2) is 40.7 Å². The van der Waals surface area contributed by atoms with E-state index >= 15 is 0 Å². The Balaban J connectivity index is 2.74. The molecule has 1 heterocycles. The highest BCUT2D eigenvalue weighted by Crippen LogP contribution is 2.40. The monoisotopic (exact) mass is 351 g/mol. The molecule has 25 heavy (non-hydrogen) atoms. The minimum Gasteiger partial charge on any atom is -0.466 e. The summed E-state index contributed by atoms with van der Waals surface area (Å²) in [6, 6.07) is 3.62. The molecule has 134 valence electrons. The van der Waals surface area contributed by atoms with Crippen LogP contribution in [0.25, 0.3) is 0 Å². The Kier molecular flexibility index (Phi) is 5.56. The maximum absolute atomic E-state index is 14.5. The van der Waals surface area contributed by atoms with Crippen molar-refractivity contribution >= 4 is 11.9 Å². The van der Waals surface area contributed by atoms with Gasteiger partial charge in [-0.25, -0.2) is 18.4 Å². The number of carbonyl (C=O) groups excluding carboxylic acids is 2. The van der Waals surface area contributed by atoms with E-state index in [-0.39, 0.29) is 23.3 Å². The Hall–Kier alpha value is -2.70. The maximum atomic E-state index is 14.5. The van der Waals surface area contributed by atoms with Gasteiger partial charge in [-0.3, -0.25) is 0 Å². The molecule has 1 aliphatic heterocycles. The number of hydrogen-bond donors (Lipinski definition) is 1. The first-order chi connectivity index (χ1) is 11.8. The standard InChI is InChI=1S/C18H19F2NO4/c1-5-25-18(23)14-10(3)21-9(2)13(17(22)24-4)15(14)11-7-6-8-12(19)16(11)20/h6-8,15,21H,5H2,1-4H3. The minimum atomic E-state index is -1.14. The van der Waals surface area contributed by atoms with Crippen molar-refractivity contribution in [3.8, 4) is 0 Å². The number of halogens is 2. The predicted molar refractivity (Wildman–Crippen MR) is 86.3 cm³/mol. The van der Waals surface area contributed by atoms with E-state index in [4.69, 9.17) is 9.47 Å². The van der Waals surface area contributed by atoms with Crippen molar-refractivity contribution in [2.45, 2.75) is 26.7 Å². The molecule has 2 rings (SSSR count). The zero-order valence-corrected chi connectivity index (χ0v) is 14.4. The van der Waals surface area contributed by atoms with Crippen molar-refractivity contribution in [3.05, 3.63) is 57.9 Å². The predicted octanol–water partition coefficient (Wildman–Crippen LogP) is 2.94. The average molecular weight is 351 g/mol. The SMILES string of the molecule is CCOC(=O)C1=C(C)NC(C)=C(C(=O)OC)C1c1cccc(F)c1F. The third-order valence-corrected chi connectivity index (χ3v) is 3.95. The lowest BCUT2D eigenvalue weighted by molar-refractivity contribution is -0.139. The van der Waals surface area contributed by atoms with Crippen molar-refractivity contribution in [2.75, 3.05) is 13.7 Å². The summed E-state index contributed by atoms with van der Waals surface area (Å²) >= 11 is 0. The lowest BCUT2D eigenvalue weighted by Crippen LogP contribution is -2.32. The van der Waals surface area contributed by atoms with Gasteiger partial charge < -0.3 is 14.8 Å². The fraction of sp³-hybridized carbons (Fsp3) is 0.333. The van der Waals surface area contributed by atoms with Crippen LogP contribution < -0.4 is 5.32 Å². The molecule has 0 radical (unpaired) electrons. The zero-order chi connectivity index (χ0) is 18.7. The highest BCUT2D eigenvalue weighted by atomic mass is 19.2. The van der Waals surface area contributed by atoms with E-state index in [1.807, 2.05) is 0 Å². The van der Waals surface area contributed by atoms with E-state index in [1.165, 1.54) is 19.2 Å². The smallest absolute Gasteiger partial charge is 0.336 e. The highest BCUT2D eigenvalue weighted by Gasteiger charge is 2.39. The van der Waals surface area contributed by atoms with Gasteiger partial charge in [0.05, 0.1) is 30.8 Å². The van der Waals surface area contributed by atoms with Crippen LogP contribution in [0.4, 0.5) is 8.78 Å². The van der Waals surface area contributed by atoms with Crippen LogP contribution in [0.1, 0.15) is 32.3 Å². The van der Waals surface area contributed by atoms with Crippen molar-refractivity contribution in [3.63, 3.8) is 0 Å². The van der Waals surface area contributed by atoms with E-state index in [2.05, 4.69) is 5.32 Å². The molecular formula is C18H19F2NO4. The summed E-state index contributed by atoms with van der Waals surface area (Å²) in [5, 5.41) is 2.91. The second-order valence-electron chi connectivity index (χ2n) is 5.49. The first-order valence-electron chi connectivity index (χ1n) is 7.71. The largest absolute Gasteiger partial charge is 0.466 e. The minimum absolute atomic E-state index is 0.0284. The molecule has 1 aromatic carbocycles. The Morgan fingerprint density at radius 2 is 1.72 bits per heavy atom. The van der Waals surface area contributed by atoms with Crippen LogP contribution in [0.5, 0.6) is 0 Å². The molecule has 0 aliphatic carbocycles. The number of allylic oxidation sites excluding steroid dienone is 2. The number of ether oxygens (including phenoxy) is 2. The normalized spacial score (nSPS) is 17.3. The molecule has 1 atom stereocenters. The summed E-state index contributed by atoms with van der Waals surface area (Å²) in [6.45, 7) is 4.93. The summed E-state index contributed by atoms with van der Waals surface area (Å²) < 4.78 is 38.0. The van der Waals surface area contributed by atoms with Crippen molar-refractivity contribution in [1.82, 2.24) is 5.32 Å². The number of dihydropyridines is 1. The highest BCUT2D eigenvalue weighted by molar-refractivity contribution is 5.99. The molecule has 0 fully saturated rings. The molecule has 1 aromatic rings. The van der Waals surface area contributed by atoms with Crippen molar-refractivity contribution in [2.24, 2.45) is 0 Å². The van der Waals surface area contributed by atoms with Gasteiger partial charge in [-0.15, -0.1) is 0 Å². The molecular weight excluding hydrogens is 332 g/mol. The molecule has 1 unspecified atom stereocenters. The first-order valence-corrected chi connectivity index (χ1v) is 7.71. The number of nitrogens with one attached hydrogen (secondary N) is 1. The number of esters is 2. The van der Waals surface area contributed by atoms with E-state index < -0.39 is 29.5 Å². The zero-order valence-electron chi connectivity index (χ0n) is 14.4. The number of rotatable bonds is 4. The van der Waals surface area contributed by atoms with Gasteiger partial charge in [0.1, 0.15) is 0 Å². The Morgan fingerprint density at radius 1 is 1.12 bits per heavy atom. The van der Waals surface area contributed by atoms with Gasteiger partial charge in [-0.1, -0.05) is 12.1 Å². The summed E-state index contributed by atoms with van der Waals surface area (Å²) in [5.41, 5.74) is 0.727. The first kappa shape index (κ1) is 18.6. The molecule has 0 aromatic heterocycles. The molecule has 7 heteroatoms. The van der Waals surface area contributed by atoms with Crippen LogP contribution in [-0.2, 0) is 19.1 Å². The van der Waals surface area contributed by atoms with Gasteiger partial charge in [0.2, 0.25) is 0 Å². The quantitative estimate of drug-likeness (QED) is 0.845. The lowest BCUT2D eigenvalue weighted by atomic mass is 9.80. The molecule has 5 nitrogen and oxygen atoms in total. The van der Waals surface area contributed by atoms with E-state index in [0.717, 1.165) is 6.07 Å². The summed E-state index contributed by atoms with van der Waals surface area (Å²) in [4.78, 5) is 24.7. The van der Waals surface area contributed by atoms with E-state index in [1.54, 1.807) is 20.8 Å². The van der Waals surface area contributed by atoms with Gasteiger partial charge in [0, 0.05) is 17.0 Å². The molecule has 0 spiro atoms. The van der Waals surface area contributed by atoms with E-state index in [9.17, 15) is 18.4 Å². The number of carbonyl (C=O) groups is 2. The number of methoxy groups -OCH3 is 1. The number of hydrogen-bond acceptors (Lipinski definition) is 5. The van der Waals surface area contributed by atoms with Crippen molar-refractivity contribution in [1.29, 1.82) is 0 Å². The fourth-order valence-electron chi connectivity index (χ4n) is 2.91. The second kappa shape index (κ2) is 7.46. The maximum Gasteiger partial charge on any atom is 0.336 e. The topological polar surface area (TPSA) is 64.6 Å². The summed E-state index contributed by atoms with van der Waals surface area (Å²) in [6.07, 6.45) is 0. The third-order valence-electron chi connectivity index (χ3n) is 3.95. The molecule has 0 bridgehead atoms. The van der Waals surface area contributed by atoms with Gasteiger partial charge in [0.15, 0.2) is 11.6 Å². The Morgan fingerprint density at radius 3 is 2.28 bits per heavy atom. The summed E-state index contributed by atoms with van der Waals surface area (Å²) in [5.74, 6) is -4.79. The van der Waals surface area contributed by atoms with Crippen LogP contribution >= 0.6 is 0 Å². The average Bonchev–Trinajstić information content (AvgIpc) is 2.56. The van der Waals surface area contributed by atoms with Gasteiger partial charge in [0.25, 0.3) is 0 Å². The lowest BCUT2D eigenvalue weighted by Gasteiger charge is -2.30. The van der Waals surface area contributed by atoms with Gasteiger partial charge in [-0.2, -0.15) is 0 Å². The fourth-order valence-corrected chi connectivity index (χ4v) is 2.91. The molecule has 1 aliphatic rings. The van der Waals surface area contributed by atoms with Crippen LogP contribution in [-0.4, -0.2) is 25.7 Å². The van der Waals surface area contributed by atoms with E-state index in [0.29, 0.717) is 11.4 Å². The molecule has 0 amide bonds. The Bertz CT molecular complexity index is 783. The Labute approximate surface area is 144 Å². The molecule has 0 saturated heterocycles. The van der Waals surface area contributed by atoms with Crippen molar-refractivity contribution < 1.29 is 27.8 Å². The van der Waals surface area contributed by atoms with Gasteiger partial charge >= 0.3 is 11.9 Å². The van der Waals surface area contributed by atoms with Crippen LogP contribution in [0.2, 0.25) is 0 Å². The number of benzene rings is 1. The van der Waals surface area contributed by atoms with Crippen LogP contribution in [0, 0.1) is 11.6 Å². The molecule has 0 saturated carbocycles. The molecule has 1 N–H and O–H groups in total. The summed E-state index contributed by atoms with van der Waals surface area (Å²) in [7, 11) is 1.18. The van der Waals surface area contributed by atoms with Gasteiger partial charge in [-0.05, 0) is 26.8 Å².